The molecule has 8 nitrogen and oxygen atoms in total. The van der Waals surface area contributed by atoms with Crippen LogP contribution >= 0.6 is 0 Å². The third-order valence-electron chi connectivity index (χ3n) is 4.02. The zero-order chi connectivity index (χ0) is 20.8. The second-order valence-electron chi connectivity index (χ2n) is 6.00. The van der Waals surface area contributed by atoms with Crippen LogP contribution in [0.2, 0.25) is 0 Å². The summed E-state index contributed by atoms with van der Waals surface area (Å²) < 4.78 is 10.1. The van der Waals surface area contributed by atoms with Crippen LogP contribution < -0.4 is 11.5 Å². The fourth-order valence-corrected chi connectivity index (χ4v) is 2.49. The summed E-state index contributed by atoms with van der Waals surface area (Å²) in [5.41, 5.74) is 14.0. The first kappa shape index (κ1) is 20.3. The Kier molecular flexibility index (Phi) is 6.20. The Morgan fingerprint density at radius 3 is 1.50 bits per heavy atom. The predicted octanol–water partition coefficient (Wildman–Crippen LogP) is 2.23. The van der Waals surface area contributed by atoms with Crippen LogP contribution in [0.3, 0.4) is 0 Å². The lowest BCUT2D eigenvalue weighted by Gasteiger charge is -2.11. The minimum Gasteiger partial charge on any atom is -0.458 e. The highest BCUT2D eigenvalue weighted by Gasteiger charge is 2.17. The number of esters is 2. The molecule has 0 radical (unpaired) electrons. The fraction of sp³-hybridized carbons (Fsp3) is 0.200. The molecule has 2 aromatic carbocycles. The summed E-state index contributed by atoms with van der Waals surface area (Å²) >= 11 is 0. The second kappa shape index (κ2) is 8.56. The van der Waals surface area contributed by atoms with Gasteiger partial charge in [0, 0.05) is 11.4 Å². The molecule has 2 aromatic rings. The van der Waals surface area contributed by atoms with Gasteiger partial charge in [-0.05, 0) is 49.2 Å². The average Bonchev–Trinajstić information content (AvgIpc) is 2.68. The molecule has 2 rings (SSSR count). The number of hydrogen-bond donors (Lipinski definition) is 2. The first-order valence-corrected chi connectivity index (χ1v) is 8.23. The molecule has 0 unspecified atom stereocenters. The summed E-state index contributed by atoms with van der Waals surface area (Å²) in [5, 5.41) is 18.0. The van der Waals surface area contributed by atoms with Crippen molar-refractivity contribution in [1.82, 2.24) is 0 Å². The number of carbonyl (C=O) groups is 2. The van der Waals surface area contributed by atoms with Gasteiger partial charge in [-0.25, -0.2) is 9.59 Å². The van der Waals surface area contributed by atoms with Crippen LogP contribution in [0.5, 0.6) is 0 Å². The molecule has 4 N–H and O–H groups in total. The molecule has 0 aromatic heterocycles. The van der Waals surface area contributed by atoms with Gasteiger partial charge in [-0.15, -0.1) is 0 Å². The van der Waals surface area contributed by atoms with E-state index in [0.29, 0.717) is 11.1 Å². The van der Waals surface area contributed by atoms with E-state index in [0.717, 1.165) is 0 Å². The number of anilines is 2. The average molecular weight is 378 g/mol. The molecule has 142 valence electrons. The number of aryl methyl sites for hydroxylation is 2. The van der Waals surface area contributed by atoms with Gasteiger partial charge in [-0.3, -0.25) is 0 Å². The van der Waals surface area contributed by atoms with E-state index in [1.165, 1.54) is 12.1 Å². The number of rotatable bonds is 5. The Labute approximate surface area is 161 Å². The highest BCUT2D eigenvalue weighted by Crippen LogP contribution is 2.21. The Balaban J connectivity index is 1.99. The maximum absolute atomic E-state index is 12.2. The number of nitriles is 2. The van der Waals surface area contributed by atoms with Gasteiger partial charge in [0.2, 0.25) is 0 Å². The summed E-state index contributed by atoms with van der Waals surface area (Å²) in [6, 6.07) is 9.70. The smallest absolute Gasteiger partial charge is 0.340 e. The molecule has 0 atom stereocenters. The van der Waals surface area contributed by atoms with Gasteiger partial charge >= 0.3 is 11.9 Å². The van der Waals surface area contributed by atoms with E-state index in [4.69, 9.17) is 31.5 Å². The summed E-state index contributed by atoms with van der Waals surface area (Å²) in [6.07, 6.45) is 0. The lowest BCUT2D eigenvalue weighted by atomic mass is 10.0. The number of benzene rings is 2. The molecule has 0 saturated heterocycles. The van der Waals surface area contributed by atoms with Crippen molar-refractivity contribution in [3.05, 3.63) is 57.6 Å². The summed E-state index contributed by atoms with van der Waals surface area (Å²) in [5.74, 6) is -1.45. The Morgan fingerprint density at radius 1 is 0.821 bits per heavy atom. The summed E-state index contributed by atoms with van der Waals surface area (Å²) in [6.45, 7) is 2.93. The molecular formula is C20H18N4O4. The lowest BCUT2D eigenvalue weighted by Crippen LogP contribution is -2.16. The highest BCUT2D eigenvalue weighted by molar-refractivity contribution is 5.97. The Hall–Kier alpha value is -4.04. The minimum absolute atomic E-state index is 0.0736. The monoisotopic (exact) mass is 378 g/mol. The molecule has 0 aliphatic heterocycles. The van der Waals surface area contributed by atoms with E-state index in [1.54, 1.807) is 26.0 Å². The number of carbonyl (C=O) groups excluding carboxylic acids is 2. The van der Waals surface area contributed by atoms with Gasteiger partial charge < -0.3 is 20.9 Å². The molecule has 8 heteroatoms. The van der Waals surface area contributed by atoms with Crippen LogP contribution in [-0.2, 0) is 9.47 Å². The van der Waals surface area contributed by atoms with Crippen molar-refractivity contribution < 1.29 is 19.1 Å². The molecule has 0 spiro atoms. The maximum atomic E-state index is 12.2. The molecule has 0 amide bonds. The molecular weight excluding hydrogens is 360 g/mol. The van der Waals surface area contributed by atoms with Crippen LogP contribution in [0.1, 0.15) is 43.0 Å². The number of nitrogens with two attached hydrogens (primary N) is 2. The van der Waals surface area contributed by atoms with E-state index < -0.39 is 11.9 Å². The van der Waals surface area contributed by atoms with E-state index >= 15 is 0 Å². The van der Waals surface area contributed by atoms with Crippen LogP contribution in [0.4, 0.5) is 11.4 Å². The van der Waals surface area contributed by atoms with E-state index in [-0.39, 0.29) is 46.8 Å². The molecule has 0 fully saturated rings. The lowest BCUT2D eigenvalue weighted by molar-refractivity contribution is 0.0267. The Morgan fingerprint density at radius 2 is 1.18 bits per heavy atom. The predicted molar refractivity (Wildman–Crippen MR) is 101 cm³/mol. The number of ether oxygens (including phenoxy) is 2. The van der Waals surface area contributed by atoms with Crippen molar-refractivity contribution in [1.29, 1.82) is 10.5 Å². The van der Waals surface area contributed by atoms with Gasteiger partial charge in [0.25, 0.3) is 0 Å². The normalized spacial score (nSPS) is 9.86. The van der Waals surface area contributed by atoms with Crippen molar-refractivity contribution in [3.63, 3.8) is 0 Å². The van der Waals surface area contributed by atoms with Gasteiger partial charge in [-0.1, -0.05) is 0 Å². The summed E-state index contributed by atoms with van der Waals surface area (Å²) in [4.78, 5) is 24.3. The number of nitrogen functional groups attached to an aromatic ring is 2. The first-order chi connectivity index (χ1) is 13.3. The highest BCUT2D eigenvalue weighted by atomic mass is 16.6. The maximum Gasteiger partial charge on any atom is 0.340 e. The largest absolute Gasteiger partial charge is 0.458 e. The van der Waals surface area contributed by atoms with E-state index in [1.807, 2.05) is 12.1 Å². The van der Waals surface area contributed by atoms with Crippen molar-refractivity contribution in [2.24, 2.45) is 0 Å². The van der Waals surface area contributed by atoms with Crippen molar-refractivity contribution in [2.75, 3.05) is 24.7 Å². The topological polar surface area (TPSA) is 152 Å². The van der Waals surface area contributed by atoms with Gasteiger partial charge in [0.05, 0.1) is 34.4 Å². The van der Waals surface area contributed by atoms with E-state index in [2.05, 4.69) is 0 Å². The van der Waals surface area contributed by atoms with Crippen molar-refractivity contribution >= 4 is 23.3 Å². The molecule has 0 aliphatic rings. The Bertz CT molecular complexity index is 948. The third kappa shape index (κ3) is 4.37. The van der Waals surface area contributed by atoms with Crippen LogP contribution in [0, 0.1) is 36.5 Å². The number of nitrogens with zero attached hydrogens (tertiary/aromatic N) is 2. The van der Waals surface area contributed by atoms with Crippen LogP contribution in [0.25, 0.3) is 0 Å². The minimum atomic E-state index is -0.726. The first-order valence-electron chi connectivity index (χ1n) is 8.23. The number of hydrogen-bond acceptors (Lipinski definition) is 8. The second-order valence-corrected chi connectivity index (χ2v) is 6.00. The van der Waals surface area contributed by atoms with Crippen LogP contribution in [-0.4, -0.2) is 25.2 Å². The molecule has 28 heavy (non-hydrogen) atoms. The zero-order valence-corrected chi connectivity index (χ0v) is 15.4. The van der Waals surface area contributed by atoms with E-state index in [9.17, 15) is 9.59 Å². The SMILES string of the molecule is Cc1cc(C#N)cc(C(=O)OCCOC(=O)c2cc(C#N)cc(C)c2N)c1N. The molecule has 0 bridgehead atoms. The van der Waals surface area contributed by atoms with Gasteiger partial charge in [0.15, 0.2) is 0 Å². The van der Waals surface area contributed by atoms with Crippen LogP contribution in [0.15, 0.2) is 24.3 Å². The van der Waals surface area contributed by atoms with Crippen molar-refractivity contribution in [2.45, 2.75) is 13.8 Å². The fourth-order valence-electron chi connectivity index (χ4n) is 2.49. The molecule has 0 saturated carbocycles. The van der Waals surface area contributed by atoms with Crippen molar-refractivity contribution in [3.8, 4) is 12.1 Å². The summed E-state index contributed by atoms with van der Waals surface area (Å²) in [7, 11) is 0. The molecule has 0 heterocycles. The zero-order valence-electron chi connectivity index (χ0n) is 15.4. The van der Waals surface area contributed by atoms with Gasteiger partial charge in [0.1, 0.15) is 13.2 Å². The third-order valence-corrected chi connectivity index (χ3v) is 4.02. The van der Waals surface area contributed by atoms with Gasteiger partial charge in [-0.2, -0.15) is 10.5 Å². The quantitative estimate of drug-likeness (QED) is 0.456. The molecule has 0 aliphatic carbocycles. The standard InChI is InChI=1S/C20H18N4O4/c1-11-5-13(9-21)7-15(17(11)23)19(25)27-3-4-28-20(26)16-8-14(10-22)6-12(2)18(16)24/h5-8H,3-4,23-24H2,1-2H3.